The molecule has 0 heteroatoms. The van der Waals surface area contributed by atoms with Crippen LogP contribution in [0, 0.1) is 0 Å². The van der Waals surface area contributed by atoms with E-state index in [4.69, 9.17) is 0 Å². The fourth-order valence-corrected chi connectivity index (χ4v) is 2.46. The van der Waals surface area contributed by atoms with Gasteiger partial charge in [0.1, 0.15) is 0 Å². The Balaban J connectivity index is 2.57. The number of hydrogen-bond donors (Lipinski definition) is 0. The van der Waals surface area contributed by atoms with Crippen LogP contribution in [0.2, 0.25) is 0 Å². The SMILES string of the molecule is CC(C)c1ccc(C(C)C)c2c1C=CC2. The minimum atomic E-state index is 0.628. The molecule has 0 spiro atoms. The zero-order valence-corrected chi connectivity index (χ0v) is 10.2. The van der Waals surface area contributed by atoms with Gasteiger partial charge in [-0.2, -0.15) is 0 Å². The Kier molecular flexibility index (Phi) is 2.68. The quantitative estimate of drug-likeness (QED) is 0.659. The van der Waals surface area contributed by atoms with Crippen molar-refractivity contribution in [1.82, 2.24) is 0 Å². The summed E-state index contributed by atoms with van der Waals surface area (Å²) in [4.78, 5) is 0. The van der Waals surface area contributed by atoms with Crippen LogP contribution in [0.3, 0.4) is 0 Å². The average Bonchev–Trinajstić information content (AvgIpc) is 2.63. The summed E-state index contributed by atoms with van der Waals surface area (Å²) in [5, 5.41) is 0. The van der Waals surface area contributed by atoms with Crippen molar-refractivity contribution < 1.29 is 0 Å². The van der Waals surface area contributed by atoms with Crippen molar-refractivity contribution in [2.75, 3.05) is 0 Å². The summed E-state index contributed by atoms with van der Waals surface area (Å²) in [6.45, 7) is 9.11. The standard InChI is InChI=1S/C15H20/c1-10(2)12-8-9-13(11(3)4)15-7-5-6-14(12)15/h5-6,8-11H,7H2,1-4H3. The van der Waals surface area contributed by atoms with Crippen LogP contribution in [0.4, 0.5) is 0 Å². The van der Waals surface area contributed by atoms with Gasteiger partial charge in [0, 0.05) is 0 Å². The van der Waals surface area contributed by atoms with Crippen molar-refractivity contribution in [3.8, 4) is 0 Å². The molecule has 1 aromatic carbocycles. The maximum atomic E-state index is 2.33. The topological polar surface area (TPSA) is 0 Å². The molecule has 1 aliphatic rings. The van der Waals surface area contributed by atoms with Gasteiger partial charge in [0.25, 0.3) is 0 Å². The first-order valence-corrected chi connectivity index (χ1v) is 5.93. The summed E-state index contributed by atoms with van der Waals surface area (Å²) in [6, 6.07) is 4.64. The molecule has 80 valence electrons. The molecule has 2 rings (SSSR count). The normalized spacial score (nSPS) is 14.0. The monoisotopic (exact) mass is 200 g/mol. The molecule has 0 aliphatic heterocycles. The van der Waals surface area contributed by atoms with Crippen molar-refractivity contribution in [2.24, 2.45) is 0 Å². The van der Waals surface area contributed by atoms with Gasteiger partial charge in [0.2, 0.25) is 0 Å². The molecule has 0 atom stereocenters. The van der Waals surface area contributed by atoms with Crippen LogP contribution in [-0.4, -0.2) is 0 Å². The molecule has 0 saturated carbocycles. The second-order valence-electron chi connectivity index (χ2n) is 5.05. The van der Waals surface area contributed by atoms with Gasteiger partial charge in [0.05, 0.1) is 0 Å². The number of hydrogen-bond acceptors (Lipinski definition) is 0. The first-order valence-electron chi connectivity index (χ1n) is 5.93. The maximum Gasteiger partial charge on any atom is -0.00852 e. The van der Waals surface area contributed by atoms with Gasteiger partial charge in [-0.3, -0.25) is 0 Å². The average molecular weight is 200 g/mol. The van der Waals surface area contributed by atoms with Gasteiger partial charge >= 0.3 is 0 Å². The van der Waals surface area contributed by atoms with E-state index in [1.807, 2.05) is 0 Å². The Bertz CT molecular complexity index is 395. The fourth-order valence-electron chi connectivity index (χ4n) is 2.46. The highest BCUT2D eigenvalue weighted by atomic mass is 14.2. The first kappa shape index (κ1) is 10.5. The highest BCUT2D eigenvalue weighted by Crippen LogP contribution is 2.33. The smallest absolute Gasteiger partial charge is 0.00852 e. The van der Waals surface area contributed by atoms with Crippen molar-refractivity contribution in [3.05, 3.63) is 40.5 Å². The van der Waals surface area contributed by atoms with E-state index in [1.165, 1.54) is 16.7 Å². The van der Waals surface area contributed by atoms with Crippen LogP contribution >= 0.6 is 0 Å². The molecule has 0 heterocycles. The Morgan fingerprint density at radius 2 is 1.53 bits per heavy atom. The summed E-state index contributed by atoms with van der Waals surface area (Å²) in [5.74, 6) is 1.27. The molecular weight excluding hydrogens is 180 g/mol. The summed E-state index contributed by atoms with van der Waals surface area (Å²) >= 11 is 0. The van der Waals surface area contributed by atoms with Gasteiger partial charge < -0.3 is 0 Å². The Morgan fingerprint density at radius 1 is 0.933 bits per heavy atom. The molecule has 1 aromatic rings. The lowest BCUT2D eigenvalue weighted by Crippen LogP contribution is -2.00. The van der Waals surface area contributed by atoms with Gasteiger partial charge in [-0.1, -0.05) is 52.0 Å². The summed E-state index contributed by atoms with van der Waals surface area (Å²) in [5.41, 5.74) is 6.09. The summed E-state index contributed by atoms with van der Waals surface area (Å²) in [7, 11) is 0. The zero-order chi connectivity index (χ0) is 11.0. The maximum absolute atomic E-state index is 2.33. The lowest BCUT2D eigenvalue weighted by molar-refractivity contribution is 0.830. The van der Waals surface area contributed by atoms with Crippen molar-refractivity contribution in [1.29, 1.82) is 0 Å². The predicted octanol–water partition coefficient (Wildman–Crippen LogP) is 4.50. The molecule has 0 unspecified atom stereocenters. The number of fused-ring (bicyclic) bond motifs is 1. The van der Waals surface area contributed by atoms with Crippen LogP contribution < -0.4 is 0 Å². The minimum Gasteiger partial charge on any atom is -0.0795 e. The van der Waals surface area contributed by atoms with Crippen LogP contribution in [0.25, 0.3) is 6.08 Å². The van der Waals surface area contributed by atoms with Gasteiger partial charge in [-0.25, -0.2) is 0 Å². The van der Waals surface area contributed by atoms with E-state index in [9.17, 15) is 0 Å². The zero-order valence-electron chi connectivity index (χ0n) is 10.2. The Labute approximate surface area is 93.0 Å². The minimum absolute atomic E-state index is 0.628. The van der Waals surface area contributed by atoms with Gasteiger partial charge in [-0.05, 0) is 40.5 Å². The highest BCUT2D eigenvalue weighted by Gasteiger charge is 2.17. The van der Waals surface area contributed by atoms with Crippen molar-refractivity contribution in [3.63, 3.8) is 0 Å². The first-order chi connectivity index (χ1) is 7.11. The van der Waals surface area contributed by atoms with Crippen LogP contribution in [-0.2, 0) is 6.42 Å². The molecule has 15 heavy (non-hydrogen) atoms. The van der Waals surface area contributed by atoms with E-state index in [2.05, 4.69) is 52.0 Å². The van der Waals surface area contributed by atoms with Crippen LogP contribution in [0.1, 0.15) is 61.8 Å². The lowest BCUT2D eigenvalue weighted by Gasteiger charge is -2.17. The van der Waals surface area contributed by atoms with Crippen molar-refractivity contribution in [2.45, 2.75) is 46.0 Å². The molecule has 0 N–H and O–H groups in total. The van der Waals surface area contributed by atoms with E-state index in [0.29, 0.717) is 11.8 Å². The molecule has 0 bridgehead atoms. The Morgan fingerprint density at radius 3 is 2.13 bits per heavy atom. The third-order valence-electron chi connectivity index (χ3n) is 3.28. The van der Waals surface area contributed by atoms with E-state index < -0.39 is 0 Å². The van der Waals surface area contributed by atoms with E-state index in [0.717, 1.165) is 6.42 Å². The molecule has 0 fully saturated rings. The van der Waals surface area contributed by atoms with E-state index in [1.54, 1.807) is 5.56 Å². The molecule has 0 radical (unpaired) electrons. The lowest BCUT2D eigenvalue weighted by atomic mass is 9.88. The van der Waals surface area contributed by atoms with E-state index >= 15 is 0 Å². The number of rotatable bonds is 2. The summed E-state index contributed by atoms with van der Waals surface area (Å²) in [6.07, 6.45) is 5.72. The summed E-state index contributed by atoms with van der Waals surface area (Å²) < 4.78 is 0. The second-order valence-corrected chi connectivity index (χ2v) is 5.05. The highest BCUT2D eigenvalue weighted by molar-refractivity contribution is 5.66. The largest absolute Gasteiger partial charge is 0.0795 e. The number of allylic oxidation sites excluding steroid dienone is 1. The fraction of sp³-hybridized carbons (Fsp3) is 0.467. The van der Waals surface area contributed by atoms with Gasteiger partial charge in [0.15, 0.2) is 0 Å². The molecule has 0 nitrogen and oxygen atoms in total. The number of benzene rings is 1. The van der Waals surface area contributed by atoms with E-state index in [-0.39, 0.29) is 0 Å². The van der Waals surface area contributed by atoms with Gasteiger partial charge in [-0.15, -0.1) is 0 Å². The third-order valence-corrected chi connectivity index (χ3v) is 3.28. The molecule has 0 amide bonds. The third kappa shape index (κ3) is 1.73. The molecule has 1 aliphatic carbocycles. The van der Waals surface area contributed by atoms with Crippen molar-refractivity contribution >= 4 is 6.08 Å². The van der Waals surface area contributed by atoms with Crippen LogP contribution in [0.15, 0.2) is 18.2 Å². The Hall–Kier alpha value is -1.04. The molecule has 0 saturated heterocycles. The van der Waals surface area contributed by atoms with Crippen LogP contribution in [0.5, 0.6) is 0 Å². The molecule has 0 aromatic heterocycles. The predicted molar refractivity (Wildman–Crippen MR) is 67.4 cm³/mol. The second kappa shape index (κ2) is 3.84. The molecular formula is C15H20.